The molecule has 122 valence electrons. The quantitative estimate of drug-likeness (QED) is 0.564. The first-order chi connectivity index (χ1) is 11.1. The Bertz CT molecular complexity index is 656. The Labute approximate surface area is 135 Å². The molecule has 0 aliphatic heterocycles. The molecule has 0 bridgehead atoms. The third-order valence-electron chi connectivity index (χ3n) is 3.01. The van der Waals surface area contributed by atoms with Gasteiger partial charge in [0.2, 0.25) is 0 Å². The Kier molecular flexibility index (Phi) is 5.68. The molecular formula is C17H20N2O4. The van der Waals surface area contributed by atoms with E-state index in [1.54, 1.807) is 36.4 Å². The van der Waals surface area contributed by atoms with Gasteiger partial charge < -0.3 is 25.2 Å². The zero-order valence-corrected chi connectivity index (χ0v) is 13.1. The number of aryl methyl sites for hydroxylation is 1. The first-order valence-electron chi connectivity index (χ1n) is 7.28. The molecule has 0 spiro atoms. The van der Waals surface area contributed by atoms with Crippen LogP contribution in [0.2, 0.25) is 0 Å². The van der Waals surface area contributed by atoms with Crippen molar-refractivity contribution < 1.29 is 19.4 Å². The molecule has 6 nitrogen and oxygen atoms in total. The number of rotatable bonds is 6. The summed E-state index contributed by atoms with van der Waals surface area (Å²) in [5, 5.41) is 14.8. The third kappa shape index (κ3) is 5.10. The van der Waals surface area contributed by atoms with E-state index in [4.69, 9.17) is 9.47 Å². The maximum absolute atomic E-state index is 11.8. The number of phenols is 1. The smallest absolute Gasteiger partial charge is 0.321 e. The molecule has 0 fully saturated rings. The number of anilines is 1. The van der Waals surface area contributed by atoms with Gasteiger partial charge in [0, 0.05) is 0 Å². The molecule has 0 atom stereocenters. The molecular weight excluding hydrogens is 296 g/mol. The lowest BCUT2D eigenvalue weighted by Crippen LogP contribution is -2.32. The third-order valence-corrected chi connectivity index (χ3v) is 3.01. The molecule has 2 aromatic rings. The Morgan fingerprint density at radius 2 is 1.74 bits per heavy atom. The summed E-state index contributed by atoms with van der Waals surface area (Å²) in [4.78, 5) is 11.8. The van der Waals surface area contributed by atoms with Crippen molar-refractivity contribution in [2.45, 2.75) is 13.8 Å². The van der Waals surface area contributed by atoms with Crippen molar-refractivity contribution in [2.24, 2.45) is 0 Å². The number of amides is 2. The highest BCUT2D eigenvalue weighted by Crippen LogP contribution is 2.23. The van der Waals surface area contributed by atoms with Crippen molar-refractivity contribution >= 4 is 11.7 Å². The van der Waals surface area contributed by atoms with Crippen LogP contribution in [-0.2, 0) is 0 Å². The molecule has 2 aromatic carbocycles. The monoisotopic (exact) mass is 316 g/mol. The molecule has 0 aromatic heterocycles. The molecule has 0 aliphatic carbocycles. The van der Waals surface area contributed by atoms with Crippen LogP contribution in [0.5, 0.6) is 17.2 Å². The topological polar surface area (TPSA) is 79.8 Å². The number of nitrogens with one attached hydrogen (secondary N) is 2. The summed E-state index contributed by atoms with van der Waals surface area (Å²) in [5.41, 5.74) is 1.28. The van der Waals surface area contributed by atoms with Crippen LogP contribution in [0.4, 0.5) is 10.5 Å². The second-order valence-electron chi connectivity index (χ2n) is 4.84. The number of benzene rings is 2. The van der Waals surface area contributed by atoms with E-state index in [0.29, 0.717) is 18.0 Å². The van der Waals surface area contributed by atoms with Gasteiger partial charge >= 0.3 is 6.03 Å². The number of carbonyl (C=O) groups excluding carboxylic acids is 1. The number of carbonyl (C=O) groups is 1. The molecule has 0 aliphatic rings. The Balaban J connectivity index is 1.79. The normalized spacial score (nSPS) is 10.0. The number of ether oxygens (including phenoxy) is 2. The van der Waals surface area contributed by atoms with E-state index in [2.05, 4.69) is 10.6 Å². The van der Waals surface area contributed by atoms with Crippen LogP contribution in [0.25, 0.3) is 0 Å². The zero-order chi connectivity index (χ0) is 16.7. The fourth-order valence-corrected chi connectivity index (χ4v) is 1.90. The maximum Gasteiger partial charge on any atom is 0.321 e. The molecule has 2 rings (SSSR count). The highest BCUT2D eigenvalue weighted by atomic mass is 16.5. The largest absolute Gasteiger partial charge is 0.506 e. The fourth-order valence-electron chi connectivity index (χ4n) is 1.90. The molecule has 0 saturated heterocycles. The average molecular weight is 316 g/mol. The minimum atomic E-state index is -0.461. The Morgan fingerprint density at radius 1 is 1.09 bits per heavy atom. The second kappa shape index (κ2) is 7.93. The van der Waals surface area contributed by atoms with Gasteiger partial charge in [0.1, 0.15) is 17.2 Å². The predicted octanol–water partition coefficient (Wildman–Crippen LogP) is 3.26. The van der Waals surface area contributed by atoms with Gasteiger partial charge in [-0.15, -0.1) is 0 Å². The molecule has 6 heteroatoms. The fraction of sp³-hybridized carbons (Fsp3) is 0.235. The van der Waals surface area contributed by atoms with Crippen molar-refractivity contribution in [3.05, 3.63) is 48.0 Å². The van der Waals surface area contributed by atoms with E-state index >= 15 is 0 Å². The van der Waals surface area contributed by atoms with E-state index in [1.165, 1.54) is 6.07 Å². The standard InChI is InChI=1S/C17H20N2O4/c1-3-22-13-5-7-14(8-6-13)23-11-18-17(21)19-15-10-12(2)4-9-16(15)20/h4-10,20H,3,11H2,1-2H3,(H2,18,19,21). The zero-order valence-electron chi connectivity index (χ0n) is 13.1. The van der Waals surface area contributed by atoms with Crippen LogP contribution < -0.4 is 20.1 Å². The number of phenolic OH excluding ortho intramolecular Hbond substituents is 1. The number of hydrogen-bond donors (Lipinski definition) is 3. The predicted molar refractivity (Wildman–Crippen MR) is 88.1 cm³/mol. The summed E-state index contributed by atoms with van der Waals surface area (Å²) in [5.74, 6) is 1.39. The number of hydrogen-bond acceptors (Lipinski definition) is 4. The summed E-state index contributed by atoms with van der Waals surface area (Å²) < 4.78 is 10.7. The van der Waals surface area contributed by atoms with E-state index < -0.39 is 6.03 Å². The van der Waals surface area contributed by atoms with Gasteiger partial charge in [-0.3, -0.25) is 0 Å². The van der Waals surface area contributed by atoms with Crippen molar-refractivity contribution in [2.75, 3.05) is 18.7 Å². The van der Waals surface area contributed by atoms with Crippen LogP contribution in [0.1, 0.15) is 12.5 Å². The lowest BCUT2D eigenvalue weighted by Gasteiger charge is -2.11. The maximum atomic E-state index is 11.8. The van der Waals surface area contributed by atoms with Gasteiger partial charge in [-0.25, -0.2) is 4.79 Å². The molecule has 2 amide bonds. The van der Waals surface area contributed by atoms with Gasteiger partial charge in [0.05, 0.1) is 12.3 Å². The van der Waals surface area contributed by atoms with Crippen molar-refractivity contribution in [3.63, 3.8) is 0 Å². The highest BCUT2D eigenvalue weighted by Gasteiger charge is 2.06. The van der Waals surface area contributed by atoms with Crippen LogP contribution in [0, 0.1) is 6.92 Å². The Morgan fingerprint density at radius 3 is 2.39 bits per heavy atom. The summed E-state index contributed by atoms with van der Waals surface area (Å²) in [7, 11) is 0. The van der Waals surface area contributed by atoms with Crippen molar-refractivity contribution in [1.29, 1.82) is 0 Å². The molecule has 0 radical (unpaired) electrons. The minimum Gasteiger partial charge on any atom is -0.506 e. The summed E-state index contributed by atoms with van der Waals surface area (Å²) in [6.45, 7) is 4.40. The second-order valence-corrected chi connectivity index (χ2v) is 4.84. The molecule has 3 N–H and O–H groups in total. The first-order valence-corrected chi connectivity index (χ1v) is 7.28. The molecule has 0 unspecified atom stereocenters. The van der Waals surface area contributed by atoms with Crippen LogP contribution in [0.3, 0.4) is 0 Å². The van der Waals surface area contributed by atoms with Gasteiger partial charge in [-0.1, -0.05) is 6.07 Å². The first kappa shape index (κ1) is 16.5. The lowest BCUT2D eigenvalue weighted by atomic mass is 10.2. The summed E-state index contributed by atoms with van der Waals surface area (Å²) >= 11 is 0. The SMILES string of the molecule is CCOc1ccc(OCNC(=O)Nc2cc(C)ccc2O)cc1. The molecule has 0 heterocycles. The van der Waals surface area contributed by atoms with E-state index in [9.17, 15) is 9.90 Å². The minimum absolute atomic E-state index is 0.00634. The number of aromatic hydroxyl groups is 1. The van der Waals surface area contributed by atoms with Crippen LogP contribution >= 0.6 is 0 Å². The highest BCUT2D eigenvalue weighted by molar-refractivity contribution is 5.90. The van der Waals surface area contributed by atoms with E-state index in [1.807, 2.05) is 13.8 Å². The van der Waals surface area contributed by atoms with Gasteiger partial charge in [0.25, 0.3) is 0 Å². The molecule has 23 heavy (non-hydrogen) atoms. The lowest BCUT2D eigenvalue weighted by molar-refractivity contribution is 0.234. The van der Waals surface area contributed by atoms with Gasteiger partial charge in [0.15, 0.2) is 6.73 Å². The molecule has 0 saturated carbocycles. The summed E-state index contributed by atoms with van der Waals surface area (Å²) in [6, 6.07) is 11.6. The number of urea groups is 1. The Hall–Kier alpha value is -2.89. The van der Waals surface area contributed by atoms with Crippen LogP contribution in [-0.4, -0.2) is 24.5 Å². The van der Waals surface area contributed by atoms with Crippen molar-refractivity contribution in [1.82, 2.24) is 5.32 Å². The van der Waals surface area contributed by atoms with Gasteiger partial charge in [-0.2, -0.15) is 0 Å². The van der Waals surface area contributed by atoms with Crippen molar-refractivity contribution in [3.8, 4) is 17.2 Å². The average Bonchev–Trinajstić information content (AvgIpc) is 2.53. The summed E-state index contributed by atoms with van der Waals surface area (Å²) in [6.07, 6.45) is 0. The van der Waals surface area contributed by atoms with E-state index in [-0.39, 0.29) is 12.5 Å². The van der Waals surface area contributed by atoms with Gasteiger partial charge in [-0.05, 0) is 55.8 Å². The van der Waals surface area contributed by atoms with Crippen LogP contribution in [0.15, 0.2) is 42.5 Å². The van der Waals surface area contributed by atoms with E-state index in [0.717, 1.165) is 11.3 Å².